The molecule has 4 aromatic rings. The SMILES string of the molecule is COCCOc1ccc([C@H]2NC(=O)N([C@@H](Cc3ccccc3)c3ncc(-c4ccc(I)cc4F)[nH]3)C2=O)cc1. The Bertz CT molecular complexity index is 1460. The number of methoxy groups -OCH3 is 1. The number of amides is 3. The van der Waals surface area contributed by atoms with Crippen molar-refractivity contribution in [2.75, 3.05) is 20.3 Å². The molecule has 2 N–H and O–H groups in total. The first-order valence-electron chi connectivity index (χ1n) is 12.3. The summed E-state index contributed by atoms with van der Waals surface area (Å²) in [6.07, 6.45) is 1.86. The number of imide groups is 1. The number of halogens is 2. The topological polar surface area (TPSA) is 96.6 Å². The summed E-state index contributed by atoms with van der Waals surface area (Å²) >= 11 is 2.05. The number of carbonyl (C=O) groups is 2. The van der Waals surface area contributed by atoms with Gasteiger partial charge in [0.25, 0.3) is 5.91 Å². The van der Waals surface area contributed by atoms with Crippen molar-refractivity contribution in [3.05, 3.63) is 105 Å². The van der Waals surface area contributed by atoms with Crippen LogP contribution in [0.15, 0.2) is 79.0 Å². The number of nitrogens with one attached hydrogen (secondary N) is 2. The van der Waals surface area contributed by atoms with E-state index in [4.69, 9.17) is 9.47 Å². The molecule has 2 atom stereocenters. The zero-order valence-electron chi connectivity index (χ0n) is 21.1. The number of aromatic nitrogens is 2. The number of ether oxygens (including phenoxy) is 2. The van der Waals surface area contributed by atoms with Crippen molar-refractivity contribution in [3.63, 3.8) is 0 Å². The molecule has 1 aliphatic rings. The van der Waals surface area contributed by atoms with Crippen LogP contribution in [0.2, 0.25) is 0 Å². The molecule has 0 bridgehead atoms. The minimum absolute atomic E-state index is 0.334. The Hall–Kier alpha value is -3.77. The van der Waals surface area contributed by atoms with Gasteiger partial charge in [0, 0.05) is 22.7 Å². The highest BCUT2D eigenvalue weighted by Crippen LogP contribution is 2.33. The monoisotopic (exact) mass is 640 g/mol. The largest absolute Gasteiger partial charge is 0.491 e. The van der Waals surface area contributed by atoms with E-state index in [1.807, 2.05) is 52.9 Å². The Morgan fingerprint density at radius 3 is 2.54 bits per heavy atom. The van der Waals surface area contributed by atoms with Crippen molar-refractivity contribution in [1.29, 1.82) is 0 Å². The van der Waals surface area contributed by atoms with Gasteiger partial charge in [0.2, 0.25) is 0 Å². The van der Waals surface area contributed by atoms with Crippen LogP contribution in [0.3, 0.4) is 0 Å². The van der Waals surface area contributed by atoms with Gasteiger partial charge in [0.1, 0.15) is 36.1 Å². The first-order valence-corrected chi connectivity index (χ1v) is 13.4. The van der Waals surface area contributed by atoms with E-state index in [0.29, 0.717) is 48.0 Å². The van der Waals surface area contributed by atoms with Gasteiger partial charge in [-0.15, -0.1) is 0 Å². The van der Waals surface area contributed by atoms with Gasteiger partial charge in [-0.1, -0.05) is 42.5 Å². The molecule has 1 fully saturated rings. The summed E-state index contributed by atoms with van der Waals surface area (Å²) in [7, 11) is 1.60. The third-order valence-corrected chi connectivity index (χ3v) is 7.13. The third kappa shape index (κ3) is 5.96. The lowest BCUT2D eigenvalue weighted by atomic mass is 10.0. The minimum Gasteiger partial charge on any atom is -0.491 e. The number of benzene rings is 3. The number of H-pyrrole nitrogens is 1. The third-order valence-electron chi connectivity index (χ3n) is 6.46. The number of hydrogen-bond donors (Lipinski definition) is 2. The zero-order chi connectivity index (χ0) is 27.4. The van der Waals surface area contributed by atoms with Gasteiger partial charge in [0.15, 0.2) is 0 Å². The molecule has 200 valence electrons. The van der Waals surface area contributed by atoms with Gasteiger partial charge in [-0.2, -0.15) is 0 Å². The standard InChI is InChI=1S/C29H26FIN4O4/c1-38-13-14-39-21-10-7-19(8-11-21)26-28(36)35(29(37)34-26)25(15-18-5-3-2-4-6-18)27-32-17-24(33-27)22-12-9-20(31)16-23(22)30/h2-12,16-17,25-26H,13-15H2,1H3,(H,32,33)(H,34,37)/t25-,26+/m0/s1. The van der Waals surface area contributed by atoms with E-state index in [0.717, 1.165) is 9.13 Å². The lowest BCUT2D eigenvalue weighted by molar-refractivity contribution is -0.129. The Kier molecular flexibility index (Phi) is 8.22. The van der Waals surface area contributed by atoms with E-state index in [2.05, 4.69) is 15.3 Å². The predicted molar refractivity (Wildman–Crippen MR) is 152 cm³/mol. The van der Waals surface area contributed by atoms with E-state index in [1.165, 1.54) is 17.2 Å². The van der Waals surface area contributed by atoms with Gasteiger partial charge in [-0.3, -0.25) is 9.69 Å². The second-order valence-electron chi connectivity index (χ2n) is 9.01. The van der Waals surface area contributed by atoms with E-state index in [1.54, 1.807) is 43.5 Å². The van der Waals surface area contributed by atoms with Crippen LogP contribution in [-0.4, -0.2) is 47.1 Å². The van der Waals surface area contributed by atoms with Gasteiger partial charge < -0.3 is 19.8 Å². The second kappa shape index (κ2) is 12.0. The molecule has 0 spiro atoms. The highest BCUT2D eigenvalue weighted by molar-refractivity contribution is 14.1. The van der Waals surface area contributed by atoms with Crippen LogP contribution in [-0.2, 0) is 16.0 Å². The van der Waals surface area contributed by atoms with Crippen LogP contribution < -0.4 is 10.1 Å². The van der Waals surface area contributed by atoms with Crippen LogP contribution in [0.5, 0.6) is 5.75 Å². The molecular weight excluding hydrogens is 614 g/mol. The quantitative estimate of drug-likeness (QED) is 0.137. The molecule has 3 amide bonds. The maximum Gasteiger partial charge on any atom is 0.325 e. The molecule has 1 aliphatic heterocycles. The summed E-state index contributed by atoms with van der Waals surface area (Å²) in [5.74, 6) is 0.240. The minimum atomic E-state index is -0.855. The molecule has 1 saturated heterocycles. The number of carbonyl (C=O) groups excluding carboxylic acids is 2. The van der Waals surface area contributed by atoms with Gasteiger partial charge in [0.05, 0.1) is 18.5 Å². The van der Waals surface area contributed by atoms with Crippen molar-refractivity contribution in [2.24, 2.45) is 0 Å². The maximum atomic E-state index is 14.7. The van der Waals surface area contributed by atoms with E-state index in [-0.39, 0.29) is 5.82 Å². The molecule has 10 heteroatoms. The normalized spacial score (nSPS) is 15.9. The Morgan fingerprint density at radius 1 is 1.05 bits per heavy atom. The lowest BCUT2D eigenvalue weighted by Crippen LogP contribution is -2.36. The van der Waals surface area contributed by atoms with Gasteiger partial charge in [-0.25, -0.2) is 14.2 Å². The van der Waals surface area contributed by atoms with E-state index in [9.17, 15) is 14.0 Å². The second-order valence-corrected chi connectivity index (χ2v) is 10.3. The number of rotatable bonds is 10. The Balaban J connectivity index is 1.43. The smallest absolute Gasteiger partial charge is 0.325 e. The van der Waals surface area contributed by atoms with E-state index < -0.39 is 24.0 Å². The zero-order valence-corrected chi connectivity index (χ0v) is 23.2. The molecule has 39 heavy (non-hydrogen) atoms. The molecule has 1 aromatic heterocycles. The van der Waals surface area contributed by atoms with Crippen LogP contribution in [0, 0.1) is 9.39 Å². The van der Waals surface area contributed by atoms with Crippen molar-refractivity contribution >= 4 is 34.5 Å². The summed E-state index contributed by atoms with van der Waals surface area (Å²) in [5, 5.41) is 2.81. The van der Waals surface area contributed by atoms with Crippen molar-refractivity contribution in [1.82, 2.24) is 20.2 Å². The van der Waals surface area contributed by atoms with Crippen LogP contribution >= 0.6 is 22.6 Å². The van der Waals surface area contributed by atoms with Crippen LogP contribution in [0.25, 0.3) is 11.3 Å². The fraction of sp³-hybridized carbons (Fsp3) is 0.207. The molecule has 0 radical (unpaired) electrons. The van der Waals surface area contributed by atoms with Crippen molar-refractivity contribution in [2.45, 2.75) is 18.5 Å². The summed E-state index contributed by atoms with van der Waals surface area (Å²) in [6, 6.07) is 19.4. The summed E-state index contributed by atoms with van der Waals surface area (Å²) in [6.45, 7) is 0.864. The van der Waals surface area contributed by atoms with Crippen molar-refractivity contribution in [3.8, 4) is 17.0 Å². The van der Waals surface area contributed by atoms with Gasteiger partial charge in [-0.05, 0) is 64.0 Å². The molecule has 0 saturated carbocycles. The number of nitrogens with zero attached hydrogens (tertiary/aromatic N) is 2. The highest BCUT2D eigenvalue weighted by atomic mass is 127. The first-order chi connectivity index (χ1) is 18.9. The summed E-state index contributed by atoms with van der Waals surface area (Å²) < 4.78 is 26.0. The van der Waals surface area contributed by atoms with Crippen LogP contribution in [0.4, 0.5) is 9.18 Å². The highest BCUT2D eigenvalue weighted by Gasteiger charge is 2.44. The van der Waals surface area contributed by atoms with Crippen molar-refractivity contribution < 1.29 is 23.5 Å². The Morgan fingerprint density at radius 2 is 1.82 bits per heavy atom. The summed E-state index contributed by atoms with van der Waals surface area (Å²) in [4.78, 5) is 35.8. The fourth-order valence-electron chi connectivity index (χ4n) is 4.51. The maximum absolute atomic E-state index is 14.7. The number of aromatic amines is 1. The predicted octanol–water partition coefficient (Wildman–Crippen LogP) is 5.42. The number of urea groups is 1. The molecular formula is C29H26FIN4O4. The summed E-state index contributed by atoms with van der Waals surface area (Å²) in [5.41, 5.74) is 2.37. The molecule has 0 unspecified atom stereocenters. The molecule has 5 rings (SSSR count). The first kappa shape index (κ1) is 26.8. The number of imidazole rings is 1. The average Bonchev–Trinajstić information content (AvgIpc) is 3.53. The van der Waals surface area contributed by atoms with E-state index >= 15 is 0 Å². The molecule has 3 aromatic carbocycles. The number of hydrogen-bond acceptors (Lipinski definition) is 5. The molecule has 0 aliphatic carbocycles. The lowest BCUT2D eigenvalue weighted by Gasteiger charge is -2.24. The molecule has 8 nitrogen and oxygen atoms in total. The average molecular weight is 640 g/mol. The van der Waals surface area contributed by atoms with Crippen LogP contribution in [0.1, 0.15) is 29.0 Å². The molecule has 2 heterocycles. The van der Waals surface area contributed by atoms with Gasteiger partial charge >= 0.3 is 6.03 Å². The Labute approximate surface area is 238 Å². The fourth-order valence-corrected chi connectivity index (χ4v) is 4.97.